The van der Waals surface area contributed by atoms with Gasteiger partial charge in [-0.2, -0.15) is 0 Å². The summed E-state index contributed by atoms with van der Waals surface area (Å²) in [6.07, 6.45) is -0.880. The molecule has 0 radical (unpaired) electrons. The molecule has 124 valence electrons. The Morgan fingerprint density at radius 1 is 1.25 bits per heavy atom. The van der Waals surface area contributed by atoms with Crippen molar-refractivity contribution >= 4 is 33.2 Å². The van der Waals surface area contributed by atoms with Gasteiger partial charge in [-0.1, -0.05) is 35.3 Å². The summed E-state index contributed by atoms with van der Waals surface area (Å²) in [6.45, 7) is 3.64. The van der Waals surface area contributed by atoms with E-state index in [0.29, 0.717) is 16.2 Å². The number of hydrogen-bond acceptors (Lipinski definition) is 4. The molecule has 2 heterocycles. The molecule has 2 atom stereocenters. The Bertz CT molecular complexity index is 991. The monoisotopic (exact) mass is 361 g/mol. The molecule has 0 fully saturated rings. The zero-order valence-corrected chi connectivity index (χ0v) is 14.8. The Morgan fingerprint density at radius 3 is 2.75 bits per heavy atom. The van der Waals surface area contributed by atoms with Crippen molar-refractivity contribution in [3.63, 3.8) is 0 Å². The van der Waals surface area contributed by atoms with Crippen LogP contribution in [0, 0.1) is 0 Å². The van der Waals surface area contributed by atoms with Gasteiger partial charge in [-0.25, -0.2) is 0 Å². The molecule has 4 rings (SSSR count). The van der Waals surface area contributed by atoms with Crippen LogP contribution in [0.25, 0.3) is 10.1 Å². The number of aliphatic hydroxyl groups excluding tert-OH is 1. The smallest absolute Gasteiger partial charge is 0.269 e. The van der Waals surface area contributed by atoms with Crippen LogP contribution < -0.4 is 10.3 Å². The van der Waals surface area contributed by atoms with Crippen LogP contribution in [0.3, 0.4) is 0 Å². The third-order valence-corrected chi connectivity index (χ3v) is 5.82. The van der Waals surface area contributed by atoms with Crippen LogP contribution in [-0.2, 0) is 0 Å². The maximum Gasteiger partial charge on any atom is 0.269 e. The highest BCUT2D eigenvalue weighted by Crippen LogP contribution is 2.43. The van der Waals surface area contributed by atoms with Crippen molar-refractivity contribution in [2.75, 3.05) is 0 Å². The average Bonchev–Trinajstić information content (AvgIpc) is 2.86. The lowest BCUT2D eigenvalue weighted by molar-refractivity contribution is -0.0622. The van der Waals surface area contributed by atoms with Crippen LogP contribution in [0.15, 0.2) is 47.3 Å². The molecule has 0 aliphatic carbocycles. The van der Waals surface area contributed by atoms with Crippen LogP contribution in [0.1, 0.15) is 25.5 Å². The van der Waals surface area contributed by atoms with Gasteiger partial charge in [-0.3, -0.25) is 8.75 Å². The molecule has 0 saturated heterocycles. The molecule has 0 saturated carbocycles. The Hall–Kier alpha value is -1.82. The molecule has 0 bridgehead atoms. The van der Waals surface area contributed by atoms with Gasteiger partial charge in [0.25, 0.3) is 5.56 Å². The fourth-order valence-electron chi connectivity index (χ4n) is 3.16. The van der Waals surface area contributed by atoms with Gasteiger partial charge in [0.2, 0.25) is 0 Å². The fraction of sp³-hybridized carbons (Fsp3) is 0.278. The first-order valence-electron chi connectivity index (χ1n) is 7.65. The number of nitrogens with zero attached hydrogens (tertiary/aromatic N) is 1. The van der Waals surface area contributed by atoms with Crippen molar-refractivity contribution in [3.05, 3.63) is 63.4 Å². The van der Waals surface area contributed by atoms with E-state index in [1.807, 2.05) is 32.0 Å². The van der Waals surface area contributed by atoms with Crippen LogP contribution in [0.5, 0.6) is 5.75 Å². The minimum absolute atomic E-state index is 0.108. The molecule has 6 heteroatoms. The minimum atomic E-state index is -0.880. The fourth-order valence-corrected chi connectivity index (χ4v) is 4.47. The third-order valence-electron chi connectivity index (χ3n) is 4.44. The maximum absolute atomic E-state index is 12.9. The van der Waals surface area contributed by atoms with E-state index >= 15 is 0 Å². The van der Waals surface area contributed by atoms with E-state index in [-0.39, 0.29) is 5.56 Å². The van der Waals surface area contributed by atoms with Crippen molar-refractivity contribution in [2.24, 2.45) is 0 Å². The number of rotatable bonds is 1. The van der Waals surface area contributed by atoms with Crippen molar-refractivity contribution < 1.29 is 9.84 Å². The van der Waals surface area contributed by atoms with E-state index in [9.17, 15) is 9.90 Å². The van der Waals surface area contributed by atoms with Crippen molar-refractivity contribution in [1.82, 2.24) is 3.96 Å². The molecule has 3 aromatic rings. The molecule has 0 amide bonds. The van der Waals surface area contributed by atoms with Crippen molar-refractivity contribution in [2.45, 2.75) is 31.6 Å². The molecule has 0 spiro atoms. The number of fused-ring (bicyclic) bond motifs is 2. The SMILES string of the molecule is CC1(C)Oc2ccc(Cl)cc2[C@@H](n2sc3ccccc3c2=O)[C@@H]1O. The van der Waals surface area contributed by atoms with Gasteiger partial charge in [0.1, 0.15) is 23.5 Å². The third kappa shape index (κ3) is 2.27. The standard InChI is InChI=1S/C18H16ClNO3S/c1-18(2)16(21)15(12-9-10(19)7-8-13(12)23-18)20-17(22)11-5-3-4-6-14(11)24-20/h3-9,15-16,21H,1-2H3/t15-,16+/m1/s1. The van der Waals surface area contributed by atoms with E-state index in [0.717, 1.165) is 10.3 Å². The van der Waals surface area contributed by atoms with Gasteiger partial charge >= 0.3 is 0 Å². The predicted molar refractivity (Wildman–Crippen MR) is 96.4 cm³/mol. The number of aromatic nitrogens is 1. The Labute approximate surface area is 148 Å². The lowest BCUT2D eigenvalue weighted by Gasteiger charge is -2.42. The Balaban J connectivity index is 2.00. The van der Waals surface area contributed by atoms with Gasteiger partial charge < -0.3 is 9.84 Å². The highest BCUT2D eigenvalue weighted by molar-refractivity contribution is 7.13. The Kier molecular flexibility index (Phi) is 3.49. The molecule has 24 heavy (non-hydrogen) atoms. The second kappa shape index (κ2) is 5.34. The van der Waals surface area contributed by atoms with Gasteiger partial charge in [0.05, 0.1) is 10.1 Å². The first-order valence-corrected chi connectivity index (χ1v) is 8.81. The van der Waals surface area contributed by atoms with E-state index in [2.05, 4.69) is 0 Å². The molecule has 1 aromatic heterocycles. The number of hydrogen-bond donors (Lipinski definition) is 1. The number of aliphatic hydroxyl groups is 1. The summed E-state index contributed by atoms with van der Waals surface area (Å²) >= 11 is 7.50. The first-order chi connectivity index (χ1) is 11.4. The molecule has 1 aliphatic heterocycles. The highest BCUT2D eigenvalue weighted by atomic mass is 35.5. The zero-order chi connectivity index (χ0) is 17.1. The summed E-state index contributed by atoms with van der Waals surface area (Å²) in [5.74, 6) is 0.643. The zero-order valence-electron chi connectivity index (χ0n) is 13.2. The van der Waals surface area contributed by atoms with E-state index in [1.165, 1.54) is 11.5 Å². The quantitative estimate of drug-likeness (QED) is 0.716. The van der Waals surface area contributed by atoms with Crippen molar-refractivity contribution in [1.29, 1.82) is 0 Å². The number of halogens is 1. The lowest BCUT2D eigenvalue weighted by Crippen LogP contribution is -2.51. The van der Waals surface area contributed by atoms with Crippen LogP contribution in [0.4, 0.5) is 0 Å². The van der Waals surface area contributed by atoms with Crippen LogP contribution in [-0.4, -0.2) is 20.8 Å². The topological polar surface area (TPSA) is 51.5 Å². The second-order valence-corrected chi connectivity index (χ2v) is 7.95. The van der Waals surface area contributed by atoms with Gasteiger partial charge in [-0.05, 0) is 44.2 Å². The largest absolute Gasteiger partial charge is 0.485 e. The van der Waals surface area contributed by atoms with Gasteiger partial charge in [0, 0.05) is 10.6 Å². The second-order valence-electron chi connectivity index (χ2n) is 6.50. The normalized spacial score (nSPS) is 22.2. The van der Waals surface area contributed by atoms with E-state index in [4.69, 9.17) is 16.3 Å². The molecular formula is C18H16ClNO3S. The van der Waals surface area contributed by atoms with Crippen LogP contribution >= 0.6 is 23.1 Å². The van der Waals surface area contributed by atoms with Gasteiger partial charge in [0.15, 0.2) is 0 Å². The van der Waals surface area contributed by atoms with Crippen molar-refractivity contribution in [3.8, 4) is 5.75 Å². The first kappa shape index (κ1) is 15.7. The molecular weight excluding hydrogens is 346 g/mol. The minimum Gasteiger partial charge on any atom is -0.485 e. The van der Waals surface area contributed by atoms with Crippen LogP contribution in [0.2, 0.25) is 5.02 Å². The molecule has 2 aromatic carbocycles. The van der Waals surface area contributed by atoms with E-state index < -0.39 is 17.7 Å². The number of benzene rings is 2. The predicted octanol–water partition coefficient (Wildman–Crippen LogP) is 3.84. The molecule has 1 N–H and O–H groups in total. The summed E-state index contributed by atoms with van der Waals surface area (Å²) in [7, 11) is 0. The number of ether oxygens (including phenoxy) is 1. The summed E-state index contributed by atoms with van der Waals surface area (Å²) in [5.41, 5.74) is -0.201. The summed E-state index contributed by atoms with van der Waals surface area (Å²) in [5, 5.41) is 12.1. The lowest BCUT2D eigenvalue weighted by atomic mass is 9.87. The summed E-state index contributed by atoms with van der Waals surface area (Å²) < 4.78 is 8.46. The van der Waals surface area contributed by atoms with Gasteiger partial charge in [-0.15, -0.1) is 0 Å². The van der Waals surface area contributed by atoms with E-state index in [1.54, 1.807) is 28.2 Å². The Morgan fingerprint density at radius 2 is 2.00 bits per heavy atom. The molecule has 1 aliphatic rings. The summed E-state index contributed by atoms with van der Waals surface area (Å²) in [4.78, 5) is 12.9. The average molecular weight is 362 g/mol. The highest BCUT2D eigenvalue weighted by Gasteiger charge is 2.44. The molecule has 0 unspecified atom stereocenters. The summed E-state index contributed by atoms with van der Waals surface area (Å²) in [6, 6.07) is 12.2. The molecule has 4 nitrogen and oxygen atoms in total. The maximum atomic E-state index is 12.9.